The van der Waals surface area contributed by atoms with Gasteiger partial charge in [-0.2, -0.15) is 11.3 Å². The maximum absolute atomic E-state index is 13.1. The molecule has 0 bridgehead atoms. The van der Waals surface area contributed by atoms with E-state index in [2.05, 4.69) is 32.2 Å². The van der Waals surface area contributed by atoms with Crippen LogP contribution in [0.25, 0.3) is 11.3 Å². The summed E-state index contributed by atoms with van der Waals surface area (Å²) >= 11 is 8.01. The van der Waals surface area contributed by atoms with Crippen molar-refractivity contribution in [2.24, 2.45) is 0 Å². The Balaban J connectivity index is 1.55. The van der Waals surface area contributed by atoms with Gasteiger partial charge in [0.1, 0.15) is 17.0 Å². The first kappa shape index (κ1) is 20.1. The molecule has 1 atom stereocenters. The lowest BCUT2D eigenvalue weighted by Gasteiger charge is -2.34. The summed E-state index contributed by atoms with van der Waals surface area (Å²) < 4.78 is 5.34. The normalized spacial score (nSPS) is 15.9. The molecule has 0 aliphatic carbocycles. The van der Waals surface area contributed by atoms with Crippen molar-refractivity contribution in [2.75, 3.05) is 19.6 Å². The molecule has 5 nitrogen and oxygen atoms in total. The lowest BCUT2D eigenvalue weighted by Crippen LogP contribution is -2.40. The van der Waals surface area contributed by atoms with Crippen LogP contribution in [0.4, 0.5) is 0 Å². The van der Waals surface area contributed by atoms with Crippen molar-refractivity contribution in [3.05, 3.63) is 63.0 Å². The number of halogens is 1. The van der Waals surface area contributed by atoms with Gasteiger partial charge in [0.15, 0.2) is 0 Å². The number of likely N-dealkylation sites (tertiary alicyclic amines) is 1. The Morgan fingerprint density at radius 1 is 1.28 bits per heavy atom. The van der Waals surface area contributed by atoms with Crippen LogP contribution in [0.3, 0.4) is 0 Å². The van der Waals surface area contributed by atoms with E-state index < -0.39 is 0 Å². The summed E-state index contributed by atoms with van der Waals surface area (Å²) in [6, 6.07) is 9.67. The van der Waals surface area contributed by atoms with E-state index >= 15 is 0 Å². The summed E-state index contributed by atoms with van der Waals surface area (Å²) in [5, 5.41) is 12.0. The monoisotopic (exact) mass is 429 g/mol. The molecule has 1 fully saturated rings. The summed E-state index contributed by atoms with van der Waals surface area (Å²) in [6.45, 7) is 4.42. The van der Waals surface area contributed by atoms with Crippen molar-refractivity contribution in [1.29, 1.82) is 0 Å². The molecule has 152 valence electrons. The third kappa shape index (κ3) is 4.39. The molecule has 1 amide bonds. The van der Waals surface area contributed by atoms with Gasteiger partial charge in [-0.25, -0.2) is 0 Å². The lowest BCUT2D eigenvalue weighted by atomic mass is 10.0. The maximum Gasteiger partial charge on any atom is 0.257 e. The number of piperidine rings is 1. The summed E-state index contributed by atoms with van der Waals surface area (Å²) in [5.74, 6) is 0.304. The lowest BCUT2D eigenvalue weighted by molar-refractivity contribution is 0.0923. The van der Waals surface area contributed by atoms with Crippen LogP contribution in [0.1, 0.15) is 47.0 Å². The molecule has 0 radical (unpaired) electrons. The number of thiophene rings is 1. The third-order valence-corrected chi connectivity index (χ3v) is 6.47. The molecular weight excluding hydrogens is 406 g/mol. The van der Waals surface area contributed by atoms with Gasteiger partial charge in [0.2, 0.25) is 0 Å². The predicted octanol–water partition coefficient (Wildman–Crippen LogP) is 5.32. The number of benzene rings is 1. The van der Waals surface area contributed by atoms with Crippen molar-refractivity contribution in [2.45, 2.75) is 32.2 Å². The number of carbonyl (C=O) groups excluding carboxylic acids is 1. The number of aromatic nitrogens is 1. The van der Waals surface area contributed by atoms with Gasteiger partial charge in [-0.15, -0.1) is 0 Å². The predicted molar refractivity (Wildman–Crippen MR) is 117 cm³/mol. The molecular formula is C22H24ClN3O2S. The fraction of sp³-hybridized carbons (Fsp3) is 0.364. The molecule has 1 aliphatic rings. The largest absolute Gasteiger partial charge is 0.360 e. The Labute approximate surface area is 179 Å². The van der Waals surface area contributed by atoms with Gasteiger partial charge in [0, 0.05) is 12.1 Å². The maximum atomic E-state index is 13.1. The zero-order chi connectivity index (χ0) is 20.2. The molecule has 7 heteroatoms. The highest BCUT2D eigenvalue weighted by Crippen LogP contribution is 2.31. The first-order valence-electron chi connectivity index (χ1n) is 9.90. The molecule has 3 heterocycles. The second-order valence-corrected chi connectivity index (χ2v) is 8.51. The number of rotatable bonds is 6. The smallest absolute Gasteiger partial charge is 0.257 e. The zero-order valence-electron chi connectivity index (χ0n) is 16.4. The first-order chi connectivity index (χ1) is 14.1. The molecule has 1 aromatic carbocycles. The van der Waals surface area contributed by atoms with Crippen molar-refractivity contribution < 1.29 is 9.32 Å². The minimum Gasteiger partial charge on any atom is -0.360 e. The van der Waals surface area contributed by atoms with E-state index in [4.69, 9.17) is 16.1 Å². The van der Waals surface area contributed by atoms with Crippen LogP contribution in [0, 0.1) is 6.92 Å². The van der Waals surface area contributed by atoms with Crippen LogP contribution in [0.2, 0.25) is 5.02 Å². The summed E-state index contributed by atoms with van der Waals surface area (Å²) in [4.78, 5) is 15.6. The Morgan fingerprint density at radius 2 is 2.07 bits per heavy atom. The average molecular weight is 430 g/mol. The topological polar surface area (TPSA) is 58.4 Å². The Kier molecular flexibility index (Phi) is 6.33. The van der Waals surface area contributed by atoms with Crippen molar-refractivity contribution >= 4 is 28.8 Å². The molecule has 0 spiro atoms. The Hall–Kier alpha value is -2.15. The van der Waals surface area contributed by atoms with E-state index in [1.807, 2.05) is 18.2 Å². The molecule has 1 N–H and O–H groups in total. The fourth-order valence-electron chi connectivity index (χ4n) is 3.91. The molecule has 1 aliphatic heterocycles. The van der Waals surface area contributed by atoms with E-state index in [9.17, 15) is 4.79 Å². The summed E-state index contributed by atoms with van der Waals surface area (Å²) in [7, 11) is 0. The van der Waals surface area contributed by atoms with E-state index in [0.717, 1.165) is 13.1 Å². The van der Waals surface area contributed by atoms with Gasteiger partial charge >= 0.3 is 0 Å². The van der Waals surface area contributed by atoms with Crippen molar-refractivity contribution in [3.8, 4) is 11.3 Å². The van der Waals surface area contributed by atoms with Crippen LogP contribution in [-0.2, 0) is 0 Å². The average Bonchev–Trinajstić information content (AvgIpc) is 3.39. The van der Waals surface area contributed by atoms with Gasteiger partial charge in [0.05, 0.1) is 11.1 Å². The number of hydrogen-bond donors (Lipinski definition) is 1. The number of nitrogens with zero attached hydrogens (tertiary/aromatic N) is 2. The van der Waals surface area contributed by atoms with Gasteiger partial charge in [-0.1, -0.05) is 41.4 Å². The van der Waals surface area contributed by atoms with Gasteiger partial charge in [-0.05, 0) is 61.3 Å². The SMILES string of the molecule is Cc1onc(-c2ccccc2Cl)c1C(=O)NCC(c1ccsc1)N1CCCCC1. The van der Waals surface area contributed by atoms with E-state index in [1.54, 1.807) is 24.3 Å². The third-order valence-electron chi connectivity index (χ3n) is 5.43. The van der Waals surface area contributed by atoms with Crippen LogP contribution < -0.4 is 5.32 Å². The van der Waals surface area contributed by atoms with Crippen molar-refractivity contribution in [3.63, 3.8) is 0 Å². The number of aryl methyl sites for hydroxylation is 1. The van der Waals surface area contributed by atoms with Gasteiger partial charge in [0.25, 0.3) is 5.91 Å². The van der Waals surface area contributed by atoms with Crippen molar-refractivity contribution in [1.82, 2.24) is 15.4 Å². The molecule has 0 saturated carbocycles. The van der Waals surface area contributed by atoms with E-state index in [1.165, 1.54) is 24.8 Å². The van der Waals surface area contributed by atoms with Crippen LogP contribution >= 0.6 is 22.9 Å². The number of amides is 1. The Morgan fingerprint density at radius 3 is 2.79 bits per heavy atom. The minimum atomic E-state index is -0.184. The van der Waals surface area contributed by atoms with Crippen LogP contribution in [-0.4, -0.2) is 35.6 Å². The fourth-order valence-corrected chi connectivity index (χ4v) is 4.84. The van der Waals surface area contributed by atoms with Gasteiger partial charge in [-0.3, -0.25) is 9.69 Å². The molecule has 4 rings (SSSR count). The first-order valence-corrected chi connectivity index (χ1v) is 11.2. The highest BCUT2D eigenvalue weighted by molar-refractivity contribution is 7.08. The molecule has 29 heavy (non-hydrogen) atoms. The molecule has 1 saturated heterocycles. The van der Waals surface area contributed by atoms with E-state index in [-0.39, 0.29) is 11.9 Å². The minimum absolute atomic E-state index is 0.175. The van der Waals surface area contributed by atoms with Crippen LogP contribution in [0.5, 0.6) is 0 Å². The zero-order valence-corrected chi connectivity index (χ0v) is 17.9. The highest BCUT2D eigenvalue weighted by Gasteiger charge is 2.26. The van der Waals surface area contributed by atoms with E-state index in [0.29, 0.717) is 34.1 Å². The second-order valence-electron chi connectivity index (χ2n) is 7.32. The standard InChI is InChI=1S/C22H24ClN3O2S/c1-15-20(21(25-28-15)17-7-3-4-8-18(17)23)22(27)24-13-19(16-9-12-29-14-16)26-10-5-2-6-11-26/h3-4,7-9,12,14,19H,2,5-6,10-11,13H2,1H3,(H,24,27). The molecule has 1 unspecified atom stereocenters. The Bertz CT molecular complexity index is 964. The second kappa shape index (κ2) is 9.11. The number of hydrogen-bond acceptors (Lipinski definition) is 5. The van der Waals surface area contributed by atoms with Gasteiger partial charge < -0.3 is 9.84 Å². The van der Waals surface area contributed by atoms with Crippen LogP contribution in [0.15, 0.2) is 45.6 Å². The summed E-state index contributed by atoms with van der Waals surface area (Å²) in [6.07, 6.45) is 3.69. The molecule has 3 aromatic rings. The number of nitrogens with one attached hydrogen (secondary N) is 1. The quantitative estimate of drug-likeness (QED) is 0.576. The highest BCUT2D eigenvalue weighted by atomic mass is 35.5. The number of carbonyl (C=O) groups is 1. The molecule has 2 aromatic heterocycles. The summed E-state index contributed by atoms with van der Waals surface area (Å²) in [5.41, 5.74) is 2.88.